The van der Waals surface area contributed by atoms with Crippen molar-refractivity contribution < 1.29 is 8.83 Å². The summed E-state index contributed by atoms with van der Waals surface area (Å²) in [4.78, 5) is 4.56. The van der Waals surface area contributed by atoms with Gasteiger partial charge in [0.2, 0.25) is 0 Å². The van der Waals surface area contributed by atoms with Crippen LogP contribution in [0.5, 0.6) is 0 Å². The van der Waals surface area contributed by atoms with Gasteiger partial charge in [0.1, 0.15) is 22.3 Å². The molecule has 2 heterocycles. The fraction of sp³-hybridized carbons (Fsp3) is 0. The van der Waals surface area contributed by atoms with Crippen LogP contribution in [0.15, 0.2) is 264 Å². The van der Waals surface area contributed by atoms with Gasteiger partial charge in [-0.25, -0.2) is 0 Å². The molecule has 0 unspecified atom stereocenters. The molecule has 0 N–H and O–H groups in total. The Hall–Kier alpha value is -9.56. The first-order valence-electron chi connectivity index (χ1n) is 23.6. The third-order valence-corrected chi connectivity index (χ3v) is 13.4. The van der Waals surface area contributed by atoms with E-state index in [-0.39, 0.29) is 0 Å². The Morgan fingerprint density at radius 1 is 0.271 bits per heavy atom. The van der Waals surface area contributed by atoms with Crippen molar-refractivity contribution in [3.63, 3.8) is 0 Å². The van der Waals surface area contributed by atoms with Gasteiger partial charge in [0.25, 0.3) is 0 Å². The van der Waals surface area contributed by atoms with Crippen LogP contribution in [0.3, 0.4) is 0 Å². The van der Waals surface area contributed by atoms with Crippen molar-refractivity contribution in [1.29, 1.82) is 0 Å². The second-order valence-corrected chi connectivity index (χ2v) is 17.5. The largest absolute Gasteiger partial charge is 0.455 e. The number of nitrogens with zero attached hydrogens (tertiary/aromatic N) is 2. The first-order chi connectivity index (χ1) is 34.7. The number of hydrogen-bond donors (Lipinski definition) is 0. The molecular weight excluding hydrogens is 853 g/mol. The van der Waals surface area contributed by atoms with Gasteiger partial charge < -0.3 is 18.6 Å². The van der Waals surface area contributed by atoms with Crippen molar-refractivity contribution in [2.45, 2.75) is 0 Å². The molecular formula is C66H42N2O2. The van der Waals surface area contributed by atoms with Gasteiger partial charge in [-0.15, -0.1) is 0 Å². The number of rotatable bonds is 10. The first-order valence-corrected chi connectivity index (χ1v) is 23.6. The van der Waals surface area contributed by atoms with Crippen molar-refractivity contribution in [2.75, 3.05) is 9.80 Å². The summed E-state index contributed by atoms with van der Waals surface area (Å²) < 4.78 is 12.8. The average Bonchev–Trinajstić information content (AvgIpc) is 4.02. The van der Waals surface area contributed by atoms with E-state index in [1.54, 1.807) is 0 Å². The molecule has 0 spiro atoms. The number of para-hydroxylation sites is 5. The lowest BCUT2D eigenvalue weighted by molar-refractivity contribution is 0.669. The second-order valence-electron chi connectivity index (χ2n) is 17.5. The van der Waals surface area contributed by atoms with Gasteiger partial charge in [0, 0.05) is 67.2 Å². The summed E-state index contributed by atoms with van der Waals surface area (Å²) in [5.74, 6) is 0. The van der Waals surface area contributed by atoms with Crippen LogP contribution in [0, 0.1) is 12.1 Å². The standard InChI is InChI=1S/C66H42N2O2/c1-3-16-51(17-4-1)67(55-40-32-47(33-41-55)57-22-12-24-61-59-20-7-9-26-63(59)69-65(57)61)53-36-28-45(29-37-53)49-14-11-15-50(44-49)46-30-38-54(39-31-46)68(52-18-5-2-6-19-52)56-42-34-48(35-43-56)58-23-13-25-62-60-21-8-10-27-64(60)70-66(58)62/h1,3-5,7-44H. The Balaban J connectivity index is 0.772. The number of benzene rings is 10. The molecule has 0 aliphatic heterocycles. The van der Waals surface area contributed by atoms with E-state index in [1.807, 2.05) is 36.4 Å². The van der Waals surface area contributed by atoms with Crippen molar-refractivity contribution in [3.8, 4) is 44.5 Å². The Bertz CT molecular complexity index is 3710. The van der Waals surface area contributed by atoms with Crippen LogP contribution in [0.4, 0.5) is 34.1 Å². The van der Waals surface area contributed by atoms with Gasteiger partial charge in [-0.05, 0) is 124 Å². The van der Waals surface area contributed by atoms with E-state index in [2.05, 4.69) is 240 Å². The molecule has 4 heteroatoms. The molecule has 0 saturated heterocycles. The average molecular weight is 895 g/mol. The predicted molar refractivity (Wildman–Crippen MR) is 290 cm³/mol. The second kappa shape index (κ2) is 17.3. The molecule has 11 aromatic carbocycles. The summed E-state index contributed by atoms with van der Waals surface area (Å²) in [7, 11) is 0. The molecule has 0 bridgehead atoms. The molecule has 328 valence electrons. The highest BCUT2D eigenvalue weighted by molar-refractivity contribution is 6.10. The van der Waals surface area contributed by atoms with E-state index in [0.717, 1.165) is 123 Å². The van der Waals surface area contributed by atoms with Crippen LogP contribution in [0.2, 0.25) is 0 Å². The highest BCUT2D eigenvalue weighted by Gasteiger charge is 2.18. The van der Waals surface area contributed by atoms with Crippen LogP contribution in [0.25, 0.3) is 88.4 Å². The highest BCUT2D eigenvalue weighted by atomic mass is 16.3. The maximum absolute atomic E-state index is 6.39. The topological polar surface area (TPSA) is 32.8 Å². The van der Waals surface area contributed by atoms with Crippen molar-refractivity contribution >= 4 is 78.0 Å². The van der Waals surface area contributed by atoms with Gasteiger partial charge >= 0.3 is 0 Å². The molecule has 0 atom stereocenters. The molecule has 2 aromatic heterocycles. The lowest BCUT2D eigenvalue weighted by Crippen LogP contribution is -2.09. The Kier molecular flexibility index (Phi) is 10.0. The van der Waals surface area contributed by atoms with E-state index in [4.69, 9.17) is 8.83 Å². The maximum atomic E-state index is 6.39. The van der Waals surface area contributed by atoms with Gasteiger partial charge in [-0.3, -0.25) is 0 Å². The zero-order chi connectivity index (χ0) is 46.4. The smallest absolute Gasteiger partial charge is 0.143 e. The third kappa shape index (κ3) is 7.31. The summed E-state index contributed by atoms with van der Waals surface area (Å²) in [5, 5.41) is 4.51. The molecule has 13 aromatic rings. The minimum atomic E-state index is 0.897. The quantitative estimate of drug-likeness (QED) is 0.137. The molecule has 0 aliphatic rings. The third-order valence-electron chi connectivity index (χ3n) is 13.4. The van der Waals surface area contributed by atoms with Gasteiger partial charge in [-0.1, -0.05) is 170 Å². The van der Waals surface area contributed by atoms with Crippen LogP contribution >= 0.6 is 0 Å². The Morgan fingerprint density at radius 3 is 1.14 bits per heavy atom. The molecule has 0 saturated carbocycles. The summed E-state index contributed by atoms with van der Waals surface area (Å²) in [6.07, 6.45) is 0. The van der Waals surface area contributed by atoms with Crippen molar-refractivity contribution in [1.82, 2.24) is 0 Å². The molecule has 4 nitrogen and oxygen atoms in total. The SMILES string of the molecule is c1ccc(N(c2ccc(-c3cccc(-c4ccc(N(c5ccccc5)c5ccc(-c6cccc7c6oc6ccccc67)cc5)cc4)c3)cc2)c2ccc(-c3cccc4c3oc3ccccc34)cc2)cc#1. The van der Waals surface area contributed by atoms with Crippen LogP contribution < -0.4 is 9.80 Å². The van der Waals surface area contributed by atoms with Crippen molar-refractivity contribution in [3.05, 3.63) is 267 Å². The summed E-state index contributed by atoms with van der Waals surface area (Å²) in [5.41, 5.74) is 18.9. The molecule has 0 aliphatic carbocycles. The van der Waals surface area contributed by atoms with Gasteiger partial charge in [0.05, 0.1) is 5.69 Å². The van der Waals surface area contributed by atoms with Gasteiger partial charge in [0.15, 0.2) is 0 Å². The minimum Gasteiger partial charge on any atom is -0.455 e. The molecule has 0 fully saturated rings. The maximum Gasteiger partial charge on any atom is 0.143 e. The van der Waals surface area contributed by atoms with E-state index in [0.29, 0.717) is 0 Å². The fourth-order valence-corrected chi connectivity index (χ4v) is 9.96. The molecule has 0 amide bonds. The number of fused-ring (bicyclic) bond motifs is 6. The van der Waals surface area contributed by atoms with E-state index in [1.165, 1.54) is 0 Å². The number of hydrogen-bond acceptors (Lipinski definition) is 4. The lowest BCUT2D eigenvalue weighted by atomic mass is 9.98. The van der Waals surface area contributed by atoms with Crippen LogP contribution in [-0.4, -0.2) is 0 Å². The molecule has 70 heavy (non-hydrogen) atoms. The Labute approximate surface area is 406 Å². The van der Waals surface area contributed by atoms with E-state index >= 15 is 0 Å². The summed E-state index contributed by atoms with van der Waals surface area (Å²) in [6, 6.07) is 95.9. The molecule has 13 rings (SSSR count). The summed E-state index contributed by atoms with van der Waals surface area (Å²) >= 11 is 0. The highest BCUT2D eigenvalue weighted by Crippen LogP contribution is 2.42. The Morgan fingerprint density at radius 2 is 0.671 bits per heavy atom. The van der Waals surface area contributed by atoms with Crippen LogP contribution in [-0.2, 0) is 0 Å². The predicted octanol–water partition coefficient (Wildman–Crippen LogP) is 18.7. The van der Waals surface area contributed by atoms with Crippen LogP contribution in [0.1, 0.15) is 0 Å². The number of anilines is 6. The first kappa shape index (κ1) is 40.7. The lowest BCUT2D eigenvalue weighted by Gasteiger charge is -2.26. The summed E-state index contributed by atoms with van der Waals surface area (Å²) in [6.45, 7) is 0. The van der Waals surface area contributed by atoms with E-state index in [9.17, 15) is 0 Å². The molecule has 0 radical (unpaired) electrons. The van der Waals surface area contributed by atoms with E-state index < -0.39 is 0 Å². The zero-order valence-corrected chi connectivity index (χ0v) is 38.0. The minimum absolute atomic E-state index is 0.897. The fourth-order valence-electron chi connectivity index (χ4n) is 9.96. The van der Waals surface area contributed by atoms with Gasteiger partial charge in [-0.2, -0.15) is 0 Å². The normalized spacial score (nSPS) is 11.3. The monoisotopic (exact) mass is 894 g/mol. The number of furan rings is 2. The van der Waals surface area contributed by atoms with Crippen molar-refractivity contribution in [2.24, 2.45) is 0 Å². The zero-order valence-electron chi connectivity index (χ0n) is 38.0.